The quantitative estimate of drug-likeness (QED) is 0.195. The summed E-state index contributed by atoms with van der Waals surface area (Å²) in [5.41, 5.74) is 3.75. The van der Waals surface area contributed by atoms with Crippen molar-refractivity contribution in [2.24, 2.45) is 0 Å². The number of rotatable bonds is 3. The highest BCUT2D eigenvalue weighted by atomic mass is 16.5. The van der Waals surface area contributed by atoms with Crippen LogP contribution in [0.3, 0.4) is 0 Å². The summed E-state index contributed by atoms with van der Waals surface area (Å²) in [5, 5.41) is 7.48. The van der Waals surface area contributed by atoms with Crippen LogP contribution in [-0.4, -0.2) is 12.6 Å². The number of ether oxygens (including phenoxy) is 1. The van der Waals surface area contributed by atoms with Gasteiger partial charge in [-0.2, -0.15) is 0 Å². The summed E-state index contributed by atoms with van der Waals surface area (Å²) in [7, 11) is 0. The van der Waals surface area contributed by atoms with E-state index in [0.29, 0.717) is 6.61 Å². The van der Waals surface area contributed by atoms with Crippen LogP contribution in [0.15, 0.2) is 48.5 Å². The number of esters is 1. The Morgan fingerprint density at radius 3 is 1.94 bits per heavy atom. The average molecular weight is 413 g/mol. The number of carbonyl (C=O) groups is 1. The van der Waals surface area contributed by atoms with E-state index in [-0.39, 0.29) is 16.8 Å². The average Bonchev–Trinajstić information content (AvgIpc) is 2.68. The monoisotopic (exact) mass is 412 g/mol. The van der Waals surface area contributed by atoms with Gasteiger partial charge in [-0.05, 0) is 85.0 Å². The summed E-state index contributed by atoms with van der Waals surface area (Å²) in [4.78, 5) is 12.0. The minimum Gasteiger partial charge on any atom is -0.463 e. The molecule has 160 valence electrons. The zero-order chi connectivity index (χ0) is 22.6. The second-order valence-electron chi connectivity index (χ2n) is 10.5. The van der Waals surface area contributed by atoms with Crippen LogP contribution in [0, 0.1) is 0 Å². The maximum Gasteiger partial charge on any atom is 0.330 e. The molecule has 0 radical (unpaired) electrons. The van der Waals surface area contributed by atoms with E-state index in [4.69, 9.17) is 4.74 Å². The summed E-state index contributed by atoms with van der Waals surface area (Å²) in [6.45, 7) is 15.7. The smallest absolute Gasteiger partial charge is 0.330 e. The highest BCUT2D eigenvalue weighted by molar-refractivity contribution is 6.25. The van der Waals surface area contributed by atoms with Crippen LogP contribution in [0.2, 0.25) is 0 Å². The van der Waals surface area contributed by atoms with Gasteiger partial charge in [0.1, 0.15) is 0 Å². The summed E-state index contributed by atoms with van der Waals surface area (Å²) in [6, 6.07) is 16.0. The van der Waals surface area contributed by atoms with Gasteiger partial charge in [0.25, 0.3) is 0 Å². The minimum absolute atomic E-state index is 0.0337. The zero-order valence-corrected chi connectivity index (χ0v) is 19.7. The third-order valence-corrected chi connectivity index (χ3v) is 6.10. The standard InChI is InChI=1S/C29H32O2/c1-8-31-25(30)12-11-18-13-21-16-22(28(2,3)4)14-19-9-10-20-15-23(29(5,6)7)17-24(18)27(20)26(19)21/h9-17H,8H2,1-7H3/b12-11+. The van der Waals surface area contributed by atoms with Crippen LogP contribution in [0.1, 0.15) is 65.2 Å². The van der Waals surface area contributed by atoms with Crippen LogP contribution in [0.5, 0.6) is 0 Å². The topological polar surface area (TPSA) is 26.3 Å². The molecule has 0 saturated heterocycles. The van der Waals surface area contributed by atoms with Crippen molar-refractivity contribution in [2.45, 2.75) is 59.3 Å². The van der Waals surface area contributed by atoms with Crippen molar-refractivity contribution in [3.8, 4) is 0 Å². The zero-order valence-electron chi connectivity index (χ0n) is 19.7. The van der Waals surface area contributed by atoms with Gasteiger partial charge in [-0.25, -0.2) is 4.79 Å². The van der Waals surface area contributed by atoms with Gasteiger partial charge in [-0.3, -0.25) is 0 Å². The van der Waals surface area contributed by atoms with Gasteiger partial charge in [0, 0.05) is 6.08 Å². The predicted octanol–water partition coefficient (Wildman–Crippen LogP) is 7.76. The first kappa shape index (κ1) is 21.4. The Balaban J connectivity index is 2.11. The Labute approximate surface area is 185 Å². The van der Waals surface area contributed by atoms with Crippen LogP contribution in [0.25, 0.3) is 38.4 Å². The highest BCUT2D eigenvalue weighted by Gasteiger charge is 2.21. The van der Waals surface area contributed by atoms with E-state index < -0.39 is 0 Å². The molecule has 0 amide bonds. The van der Waals surface area contributed by atoms with Crippen molar-refractivity contribution < 1.29 is 9.53 Å². The fourth-order valence-electron chi connectivity index (χ4n) is 4.30. The SMILES string of the molecule is CCOC(=O)/C=C/c1cc2cc(C(C)(C)C)cc3ccc4cc(C(C)(C)C)cc1c4c32. The predicted molar refractivity (Wildman–Crippen MR) is 133 cm³/mol. The molecular formula is C29H32O2. The fraction of sp³-hybridized carbons (Fsp3) is 0.345. The van der Waals surface area contributed by atoms with Crippen molar-refractivity contribution in [2.75, 3.05) is 6.61 Å². The Hall–Kier alpha value is -2.87. The van der Waals surface area contributed by atoms with Crippen LogP contribution in [-0.2, 0) is 20.4 Å². The largest absolute Gasteiger partial charge is 0.463 e. The molecule has 4 rings (SSSR count). The van der Waals surface area contributed by atoms with Crippen molar-refractivity contribution >= 4 is 44.4 Å². The maximum absolute atomic E-state index is 12.0. The Morgan fingerprint density at radius 2 is 1.35 bits per heavy atom. The van der Waals surface area contributed by atoms with E-state index in [1.54, 1.807) is 6.08 Å². The van der Waals surface area contributed by atoms with E-state index in [2.05, 4.69) is 84.0 Å². The van der Waals surface area contributed by atoms with E-state index in [9.17, 15) is 4.79 Å². The number of benzene rings is 4. The second-order valence-corrected chi connectivity index (χ2v) is 10.5. The molecule has 0 heterocycles. The van der Waals surface area contributed by atoms with Gasteiger partial charge in [0.05, 0.1) is 6.61 Å². The lowest BCUT2D eigenvalue weighted by atomic mass is 9.80. The van der Waals surface area contributed by atoms with Crippen LogP contribution in [0.4, 0.5) is 0 Å². The summed E-state index contributed by atoms with van der Waals surface area (Å²) >= 11 is 0. The molecule has 0 spiro atoms. The van der Waals surface area contributed by atoms with Crippen molar-refractivity contribution in [1.29, 1.82) is 0 Å². The molecule has 0 N–H and O–H groups in total. The van der Waals surface area contributed by atoms with E-state index in [1.807, 2.05) is 13.0 Å². The number of hydrogen-bond acceptors (Lipinski definition) is 2. The molecule has 0 atom stereocenters. The van der Waals surface area contributed by atoms with E-state index >= 15 is 0 Å². The van der Waals surface area contributed by atoms with Crippen molar-refractivity contribution in [3.63, 3.8) is 0 Å². The lowest BCUT2D eigenvalue weighted by Crippen LogP contribution is -2.12. The Kier molecular flexibility index (Phi) is 5.08. The molecule has 0 aliphatic carbocycles. The molecule has 0 aromatic heterocycles. The summed E-state index contributed by atoms with van der Waals surface area (Å²) in [6.07, 6.45) is 3.45. The Bertz CT molecular complexity index is 1310. The van der Waals surface area contributed by atoms with Gasteiger partial charge in [0.2, 0.25) is 0 Å². The number of carbonyl (C=O) groups excluding carboxylic acids is 1. The van der Waals surface area contributed by atoms with Gasteiger partial charge < -0.3 is 4.74 Å². The third kappa shape index (κ3) is 3.92. The third-order valence-electron chi connectivity index (χ3n) is 6.10. The summed E-state index contributed by atoms with van der Waals surface area (Å²) < 4.78 is 5.12. The van der Waals surface area contributed by atoms with Gasteiger partial charge in [0.15, 0.2) is 0 Å². The van der Waals surface area contributed by atoms with Crippen LogP contribution < -0.4 is 0 Å². The molecule has 4 aromatic rings. The van der Waals surface area contributed by atoms with E-state index in [1.165, 1.54) is 43.4 Å². The lowest BCUT2D eigenvalue weighted by Gasteiger charge is -2.24. The molecule has 0 saturated carbocycles. The van der Waals surface area contributed by atoms with Gasteiger partial charge in [-0.1, -0.05) is 71.9 Å². The molecular weight excluding hydrogens is 380 g/mol. The molecule has 0 bridgehead atoms. The molecule has 2 nitrogen and oxygen atoms in total. The molecule has 0 unspecified atom stereocenters. The maximum atomic E-state index is 12.0. The molecule has 2 heteroatoms. The number of hydrogen-bond donors (Lipinski definition) is 0. The molecule has 0 fully saturated rings. The lowest BCUT2D eigenvalue weighted by molar-refractivity contribution is -0.137. The van der Waals surface area contributed by atoms with Crippen LogP contribution >= 0.6 is 0 Å². The van der Waals surface area contributed by atoms with Crippen molar-refractivity contribution in [3.05, 3.63) is 65.2 Å². The van der Waals surface area contributed by atoms with Gasteiger partial charge >= 0.3 is 5.97 Å². The molecule has 0 aliphatic rings. The summed E-state index contributed by atoms with van der Waals surface area (Å²) in [5.74, 6) is -0.306. The molecule has 31 heavy (non-hydrogen) atoms. The highest BCUT2D eigenvalue weighted by Crippen LogP contribution is 2.41. The van der Waals surface area contributed by atoms with Crippen molar-refractivity contribution in [1.82, 2.24) is 0 Å². The minimum atomic E-state index is -0.306. The normalized spacial score (nSPS) is 13.1. The first-order chi connectivity index (χ1) is 14.5. The Morgan fingerprint density at radius 1 is 0.806 bits per heavy atom. The fourth-order valence-corrected chi connectivity index (χ4v) is 4.30. The first-order valence-electron chi connectivity index (χ1n) is 11.1. The second kappa shape index (κ2) is 7.37. The molecule has 0 aliphatic heterocycles. The van der Waals surface area contributed by atoms with Gasteiger partial charge in [-0.15, -0.1) is 0 Å². The van der Waals surface area contributed by atoms with E-state index in [0.717, 1.165) is 5.56 Å². The molecule has 4 aromatic carbocycles. The first-order valence-corrected chi connectivity index (χ1v) is 11.1.